The summed E-state index contributed by atoms with van der Waals surface area (Å²) >= 11 is 12.4. The summed E-state index contributed by atoms with van der Waals surface area (Å²) in [6.07, 6.45) is 0. The monoisotopic (exact) mass is 376 g/mol. The Hall–Kier alpha value is -0.650. The zero-order valence-corrected chi connectivity index (χ0v) is 12.6. The normalized spacial score (nSPS) is 10.6. The van der Waals surface area contributed by atoms with Crippen molar-refractivity contribution in [1.82, 2.24) is 9.97 Å². The van der Waals surface area contributed by atoms with E-state index in [1.165, 1.54) is 0 Å². The Morgan fingerprint density at radius 2 is 2.06 bits per heavy atom. The molecule has 0 radical (unpaired) electrons. The molecule has 0 bridgehead atoms. The minimum absolute atomic E-state index is 0.200. The number of H-pyrrole nitrogens is 1. The zero-order chi connectivity index (χ0) is 12.6. The number of aryl methyl sites for hydroxylation is 1. The van der Waals surface area contributed by atoms with Gasteiger partial charge in [0.2, 0.25) is 0 Å². The lowest BCUT2D eigenvalue weighted by atomic mass is 10.2. The molecule has 0 saturated heterocycles. The lowest BCUT2D eigenvalue weighted by molar-refractivity contribution is 1.05. The van der Waals surface area contributed by atoms with E-state index in [9.17, 15) is 4.79 Å². The van der Waals surface area contributed by atoms with Crippen molar-refractivity contribution < 1.29 is 0 Å². The first kappa shape index (κ1) is 12.8. The molecular weight excluding hydrogens is 371 g/mol. The van der Waals surface area contributed by atoms with E-state index in [-0.39, 0.29) is 5.56 Å². The Balaban J connectivity index is 2.65. The van der Waals surface area contributed by atoms with Gasteiger partial charge >= 0.3 is 0 Å². The van der Waals surface area contributed by atoms with Crippen molar-refractivity contribution in [3.8, 4) is 11.4 Å². The zero-order valence-electron chi connectivity index (χ0n) is 8.72. The van der Waals surface area contributed by atoms with Crippen LogP contribution in [0, 0.1) is 6.92 Å². The van der Waals surface area contributed by atoms with Crippen molar-refractivity contribution in [1.29, 1.82) is 0 Å². The van der Waals surface area contributed by atoms with Gasteiger partial charge in [-0.15, -0.1) is 0 Å². The van der Waals surface area contributed by atoms with E-state index < -0.39 is 0 Å². The Bertz CT molecular complexity index is 640. The SMILES string of the molecule is Cc1nc(-c2ccc(Cl)cc2Br)[nH]c(=O)c1Br. The van der Waals surface area contributed by atoms with Gasteiger partial charge in [0.05, 0.1) is 5.69 Å². The topological polar surface area (TPSA) is 45.8 Å². The van der Waals surface area contributed by atoms with Crippen LogP contribution in [0.3, 0.4) is 0 Å². The van der Waals surface area contributed by atoms with E-state index in [1.54, 1.807) is 25.1 Å². The fraction of sp³-hybridized carbons (Fsp3) is 0.0909. The number of aromatic amines is 1. The third-order valence-corrected chi connectivity index (χ3v) is 4.04. The number of aromatic nitrogens is 2. The van der Waals surface area contributed by atoms with Crippen molar-refractivity contribution in [3.63, 3.8) is 0 Å². The maximum Gasteiger partial charge on any atom is 0.265 e. The maximum atomic E-state index is 11.6. The minimum atomic E-state index is -0.200. The van der Waals surface area contributed by atoms with E-state index >= 15 is 0 Å². The van der Waals surface area contributed by atoms with Gasteiger partial charge in [-0.2, -0.15) is 0 Å². The second kappa shape index (κ2) is 4.92. The average Bonchev–Trinajstić information content (AvgIpc) is 2.25. The summed E-state index contributed by atoms with van der Waals surface area (Å²) in [6.45, 7) is 1.77. The highest BCUT2D eigenvalue weighted by Gasteiger charge is 2.09. The fourth-order valence-corrected chi connectivity index (χ4v) is 2.44. The highest BCUT2D eigenvalue weighted by molar-refractivity contribution is 9.10. The number of rotatable bonds is 1. The first-order chi connectivity index (χ1) is 7.99. The van der Waals surface area contributed by atoms with Gasteiger partial charge in [-0.3, -0.25) is 4.79 Å². The third kappa shape index (κ3) is 2.61. The lowest BCUT2D eigenvalue weighted by Gasteiger charge is -2.06. The second-order valence-corrected chi connectivity index (χ2v) is 5.52. The van der Waals surface area contributed by atoms with Gasteiger partial charge in [-0.05, 0) is 57.0 Å². The molecule has 0 aliphatic rings. The third-order valence-electron chi connectivity index (χ3n) is 2.21. The minimum Gasteiger partial charge on any atom is -0.306 e. The van der Waals surface area contributed by atoms with Crippen molar-refractivity contribution in [2.24, 2.45) is 0 Å². The molecule has 88 valence electrons. The van der Waals surface area contributed by atoms with Crippen LogP contribution in [-0.4, -0.2) is 9.97 Å². The average molecular weight is 378 g/mol. The molecule has 0 atom stereocenters. The Morgan fingerprint density at radius 1 is 1.35 bits per heavy atom. The summed E-state index contributed by atoms with van der Waals surface area (Å²) in [5.41, 5.74) is 1.24. The van der Waals surface area contributed by atoms with Gasteiger partial charge in [-0.25, -0.2) is 4.98 Å². The Labute approximate surface area is 119 Å². The molecule has 3 nitrogen and oxygen atoms in total. The van der Waals surface area contributed by atoms with Crippen molar-refractivity contribution in [2.45, 2.75) is 6.92 Å². The van der Waals surface area contributed by atoms with E-state index in [1.807, 2.05) is 0 Å². The number of halogens is 3. The highest BCUT2D eigenvalue weighted by Crippen LogP contribution is 2.28. The van der Waals surface area contributed by atoms with E-state index in [4.69, 9.17) is 11.6 Å². The molecule has 6 heteroatoms. The molecule has 1 aromatic carbocycles. The Kier molecular flexibility index (Phi) is 3.70. The first-order valence-electron chi connectivity index (χ1n) is 4.71. The first-order valence-corrected chi connectivity index (χ1v) is 6.67. The van der Waals surface area contributed by atoms with Gasteiger partial charge in [0.25, 0.3) is 5.56 Å². The van der Waals surface area contributed by atoms with Crippen LogP contribution in [0.25, 0.3) is 11.4 Å². The van der Waals surface area contributed by atoms with Crippen LogP contribution in [0.4, 0.5) is 0 Å². The van der Waals surface area contributed by atoms with E-state index in [2.05, 4.69) is 41.8 Å². The summed E-state index contributed by atoms with van der Waals surface area (Å²) in [7, 11) is 0. The van der Waals surface area contributed by atoms with Gasteiger partial charge in [-0.1, -0.05) is 11.6 Å². The summed E-state index contributed by atoms with van der Waals surface area (Å²) in [5, 5.41) is 0.622. The van der Waals surface area contributed by atoms with Crippen LogP contribution in [0.2, 0.25) is 5.02 Å². The number of nitrogens with zero attached hydrogens (tertiary/aromatic N) is 1. The number of hydrogen-bond donors (Lipinski definition) is 1. The molecule has 17 heavy (non-hydrogen) atoms. The molecular formula is C11H7Br2ClN2O. The maximum absolute atomic E-state index is 11.6. The van der Waals surface area contributed by atoms with Crippen LogP contribution >= 0.6 is 43.5 Å². The largest absolute Gasteiger partial charge is 0.306 e. The Morgan fingerprint density at radius 3 is 2.65 bits per heavy atom. The predicted molar refractivity (Wildman–Crippen MR) is 75.4 cm³/mol. The molecule has 0 aliphatic heterocycles. The molecule has 0 amide bonds. The summed E-state index contributed by atoms with van der Waals surface area (Å²) in [6, 6.07) is 5.31. The predicted octanol–water partition coefficient (Wildman–Crippen LogP) is 3.92. The summed E-state index contributed by atoms with van der Waals surface area (Å²) in [5.74, 6) is 0.513. The molecule has 0 unspecified atom stereocenters. The van der Waals surface area contributed by atoms with Crippen LogP contribution in [0.15, 0.2) is 31.9 Å². The molecule has 1 N–H and O–H groups in total. The molecule has 2 rings (SSSR count). The van der Waals surface area contributed by atoms with Gasteiger partial charge in [0, 0.05) is 15.1 Å². The quantitative estimate of drug-likeness (QED) is 0.817. The van der Waals surface area contributed by atoms with Gasteiger partial charge in [0.1, 0.15) is 10.3 Å². The molecule has 1 heterocycles. The molecule has 1 aromatic heterocycles. The van der Waals surface area contributed by atoms with Crippen LogP contribution in [0.1, 0.15) is 5.69 Å². The van der Waals surface area contributed by atoms with Crippen molar-refractivity contribution >= 4 is 43.5 Å². The molecule has 0 fully saturated rings. The van der Waals surface area contributed by atoms with Gasteiger partial charge < -0.3 is 4.98 Å². The van der Waals surface area contributed by atoms with Crippen molar-refractivity contribution in [2.75, 3.05) is 0 Å². The second-order valence-electron chi connectivity index (χ2n) is 3.44. The van der Waals surface area contributed by atoms with E-state index in [0.717, 1.165) is 10.0 Å². The van der Waals surface area contributed by atoms with Gasteiger partial charge in [0.15, 0.2) is 0 Å². The smallest absolute Gasteiger partial charge is 0.265 e. The highest BCUT2D eigenvalue weighted by atomic mass is 79.9. The molecule has 0 saturated carbocycles. The number of benzene rings is 1. The molecule has 2 aromatic rings. The van der Waals surface area contributed by atoms with E-state index in [0.29, 0.717) is 21.0 Å². The molecule has 0 spiro atoms. The van der Waals surface area contributed by atoms with Crippen LogP contribution < -0.4 is 5.56 Å². The van der Waals surface area contributed by atoms with Crippen molar-refractivity contribution in [3.05, 3.63) is 48.2 Å². The lowest BCUT2D eigenvalue weighted by Crippen LogP contribution is -2.11. The van der Waals surface area contributed by atoms with Crippen LogP contribution in [0.5, 0.6) is 0 Å². The summed E-state index contributed by atoms with van der Waals surface area (Å²) < 4.78 is 1.24. The molecule has 0 aliphatic carbocycles. The summed E-state index contributed by atoms with van der Waals surface area (Å²) in [4.78, 5) is 18.7. The standard InChI is InChI=1S/C11H7Br2ClN2O/c1-5-9(13)11(17)16-10(15-5)7-3-2-6(14)4-8(7)12/h2-4H,1H3,(H,15,16,17). The van der Waals surface area contributed by atoms with Crippen LogP contribution in [-0.2, 0) is 0 Å². The number of hydrogen-bond acceptors (Lipinski definition) is 2. The fourth-order valence-electron chi connectivity index (χ4n) is 1.38. The number of nitrogens with one attached hydrogen (secondary N) is 1.